The molecule has 0 aliphatic heterocycles. The van der Waals surface area contributed by atoms with Gasteiger partial charge in [-0.1, -0.05) is 6.07 Å². The molecule has 3 rings (SSSR count). The Bertz CT molecular complexity index is 1040. The fraction of sp³-hybridized carbons (Fsp3) is 0.176. The maximum atomic E-state index is 12.7. The number of esters is 1. The van der Waals surface area contributed by atoms with E-state index in [1.807, 2.05) is 0 Å². The van der Waals surface area contributed by atoms with E-state index >= 15 is 0 Å². The largest absolute Gasteiger partial charge is 0.478 e. The van der Waals surface area contributed by atoms with Crippen molar-refractivity contribution in [2.24, 2.45) is 0 Å². The number of carboxylic acid groups (broad SMARTS) is 1. The lowest BCUT2D eigenvalue weighted by Crippen LogP contribution is -2.17. The van der Waals surface area contributed by atoms with Crippen molar-refractivity contribution in [3.05, 3.63) is 58.0 Å². The molecule has 7 heteroatoms. The van der Waals surface area contributed by atoms with Crippen LogP contribution >= 0.6 is 0 Å². The zero-order chi connectivity index (χ0) is 17.4. The van der Waals surface area contributed by atoms with E-state index < -0.39 is 23.4 Å². The van der Waals surface area contributed by atoms with Crippen LogP contribution in [-0.2, 0) is 9.53 Å². The summed E-state index contributed by atoms with van der Waals surface area (Å²) in [6, 6.07) is 7.85. The summed E-state index contributed by atoms with van der Waals surface area (Å²) in [5.74, 6) is -2.06. The van der Waals surface area contributed by atoms with Crippen LogP contribution in [0.4, 0.5) is 0 Å². The highest BCUT2D eigenvalue weighted by molar-refractivity contribution is 5.88. The molecule has 7 nitrogen and oxygen atoms in total. The number of ether oxygens (including phenoxy) is 1. The van der Waals surface area contributed by atoms with Gasteiger partial charge in [0.1, 0.15) is 5.65 Å². The zero-order valence-electron chi connectivity index (χ0n) is 13.0. The van der Waals surface area contributed by atoms with Gasteiger partial charge in [0.25, 0.3) is 5.56 Å². The summed E-state index contributed by atoms with van der Waals surface area (Å²) in [5.41, 5.74) is 1.06. The topological polar surface area (TPSA) is 98.0 Å². The molecule has 2 heterocycles. The standard InChI is InChI=1S/C17H14N2O5/c1-9(17(23)24-2)10-3-5-13-12(7-10)15(20)19-8-11(16(21)22)4-6-14(19)18-13/h3-9H,1-2H3,(H,21,22). The number of fused-ring (bicyclic) bond motifs is 2. The molecule has 0 fully saturated rings. The van der Waals surface area contributed by atoms with Crippen molar-refractivity contribution in [1.82, 2.24) is 9.38 Å². The second-order valence-corrected chi connectivity index (χ2v) is 5.39. The minimum Gasteiger partial charge on any atom is -0.478 e. The van der Waals surface area contributed by atoms with Gasteiger partial charge in [0.15, 0.2) is 0 Å². The predicted molar refractivity (Wildman–Crippen MR) is 86.4 cm³/mol. The summed E-state index contributed by atoms with van der Waals surface area (Å²) >= 11 is 0. The molecule has 1 unspecified atom stereocenters. The molecule has 0 saturated heterocycles. The minimum atomic E-state index is -1.13. The Morgan fingerprint density at radius 3 is 2.67 bits per heavy atom. The molecule has 0 aliphatic rings. The number of pyridine rings is 1. The molecular weight excluding hydrogens is 312 g/mol. The van der Waals surface area contributed by atoms with E-state index in [1.165, 1.54) is 29.8 Å². The van der Waals surface area contributed by atoms with Gasteiger partial charge in [0, 0.05) is 6.20 Å². The van der Waals surface area contributed by atoms with Gasteiger partial charge in [-0.15, -0.1) is 0 Å². The van der Waals surface area contributed by atoms with Gasteiger partial charge in [-0.2, -0.15) is 0 Å². The van der Waals surface area contributed by atoms with Gasteiger partial charge in [-0.25, -0.2) is 9.78 Å². The van der Waals surface area contributed by atoms with Gasteiger partial charge in [-0.3, -0.25) is 14.0 Å². The number of carbonyl (C=O) groups is 2. The summed E-state index contributed by atoms with van der Waals surface area (Å²) in [6.45, 7) is 1.68. The molecule has 0 amide bonds. The van der Waals surface area contributed by atoms with Gasteiger partial charge >= 0.3 is 11.9 Å². The van der Waals surface area contributed by atoms with Crippen molar-refractivity contribution in [2.45, 2.75) is 12.8 Å². The maximum Gasteiger partial charge on any atom is 0.337 e. The van der Waals surface area contributed by atoms with Crippen LogP contribution < -0.4 is 5.56 Å². The smallest absolute Gasteiger partial charge is 0.337 e. The van der Waals surface area contributed by atoms with Crippen molar-refractivity contribution < 1.29 is 19.4 Å². The summed E-state index contributed by atoms with van der Waals surface area (Å²) < 4.78 is 5.91. The van der Waals surface area contributed by atoms with Gasteiger partial charge in [-0.05, 0) is 36.8 Å². The van der Waals surface area contributed by atoms with Crippen molar-refractivity contribution in [3.63, 3.8) is 0 Å². The number of methoxy groups -OCH3 is 1. The number of nitrogens with zero attached hydrogens (tertiary/aromatic N) is 2. The quantitative estimate of drug-likeness (QED) is 0.582. The number of aromatic carboxylic acids is 1. The van der Waals surface area contributed by atoms with E-state index in [1.54, 1.807) is 25.1 Å². The van der Waals surface area contributed by atoms with Crippen molar-refractivity contribution in [2.75, 3.05) is 7.11 Å². The first-order valence-electron chi connectivity index (χ1n) is 7.19. The molecule has 1 aromatic carbocycles. The first-order chi connectivity index (χ1) is 11.4. The Labute approximate surface area is 136 Å². The van der Waals surface area contributed by atoms with E-state index in [0.717, 1.165) is 0 Å². The highest BCUT2D eigenvalue weighted by atomic mass is 16.5. The van der Waals surface area contributed by atoms with Crippen LogP contribution in [0.15, 0.2) is 41.3 Å². The van der Waals surface area contributed by atoms with E-state index in [2.05, 4.69) is 4.98 Å². The highest BCUT2D eigenvalue weighted by Crippen LogP contribution is 2.20. The van der Waals surface area contributed by atoms with Crippen LogP contribution in [0, 0.1) is 0 Å². The molecule has 0 spiro atoms. The third-order valence-electron chi connectivity index (χ3n) is 3.93. The van der Waals surface area contributed by atoms with Crippen LogP contribution in [-0.4, -0.2) is 33.5 Å². The van der Waals surface area contributed by atoms with Crippen LogP contribution in [0.3, 0.4) is 0 Å². The van der Waals surface area contributed by atoms with Crippen molar-refractivity contribution in [3.8, 4) is 0 Å². The Hall–Kier alpha value is -3.22. The molecular formula is C17H14N2O5. The van der Waals surface area contributed by atoms with Gasteiger partial charge in [0.05, 0.1) is 29.5 Å². The summed E-state index contributed by atoms with van der Waals surface area (Å²) in [5, 5.41) is 9.38. The highest BCUT2D eigenvalue weighted by Gasteiger charge is 2.17. The van der Waals surface area contributed by atoms with Crippen LogP contribution in [0.5, 0.6) is 0 Å². The molecule has 2 aromatic heterocycles. The van der Waals surface area contributed by atoms with E-state index in [0.29, 0.717) is 22.1 Å². The number of rotatable bonds is 3. The monoisotopic (exact) mass is 326 g/mol. The molecule has 24 heavy (non-hydrogen) atoms. The van der Waals surface area contributed by atoms with Crippen molar-refractivity contribution >= 4 is 28.5 Å². The van der Waals surface area contributed by atoms with E-state index in [9.17, 15) is 14.4 Å². The second kappa shape index (κ2) is 5.77. The maximum absolute atomic E-state index is 12.7. The second-order valence-electron chi connectivity index (χ2n) is 5.39. The number of carbonyl (C=O) groups excluding carboxylic acids is 1. The fourth-order valence-corrected chi connectivity index (χ4v) is 2.53. The number of benzene rings is 1. The van der Waals surface area contributed by atoms with Gasteiger partial charge in [0.2, 0.25) is 0 Å². The number of aromatic nitrogens is 2. The first kappa shape index (κ1) is 15.7. The minimum absolute atomic E-state index is 0.00941. The van der Waals surface area contributed by atoms with Crippen LogP contribution in [0.1, 0.15) is 28.8 Å². The Morgan fingerprint density at radius 1 is 1.25 bits per heavy atom. The summed E-state index contributed by atoms with van der Waals surface area (Å²) in [6.07, 6.45) is 1.24. The Morgan fingerprint density at radius 2 is 2.00 bits per heavy atom. The molecule has 1 N–H and O–H groups in total. The lowest BCUT2D eigenvalue weighted by molar-refractivity contribution is -0.141. The van der Waals surface area contributed by atoms with Crippen LogP contribution in [0.2, 0.25) is 0 Å². The molecule has 0 bridgehead atoms. The number of carboxylic acids is 1. The average Bonchev–Trinajstić information content (AvgIpc) is 2.60. The van der Waals surface area contributed by atoms with Crippen molar-refractivity contribution in [1.29, 1.82) is 0 Å². The summed E-state index contributed by atoms with van der Waals surface area (Å²) in [4.78, 5) is 39.8. The normalized spacial score (nSPS) is 12.2. The predicted octanol–water partition coefficient (Wildman–Crippen LogP) is 1.82. The van der Waals surface area contributed by atoms with Gasteiger partial charge < -0.3 is 9.84 Å². The summed E-state index contributed by atoms with van der Waals surface area (Å²) in [7, 11) is 1.30. The third-order valence-corrected chi connectivity index (χ3v) is 3.93. The molecule has 0 aliphatic carbocycles. The zero-order valence-corrected chi connectivity index (χ0v) is 13.0. The molecule has 3 aromatic rings. The van der Waals surface area contributed by atoms with E-state index in [-0.39, 0.29) is 5.56 Å². The Balaban J connectivity index is 2.26. The van der Waals surface area contributed by atoms with E-state index in [4.69, 9.17) is 9.84 Å². The fourth-order valence-electron chi connectivity index (χ4n) is 2.53. The average molecular weight is 326 g/mol. The molecule has 1 atom stereocenters. The SMILES string of the molecule is COC(=O)C(C)c1ccc2nc3ccc(C(=O)O)cn3c(=O)c2c1. The number of hydrogen-bond donors (Lipinski definition) is 1. The third kappa shape index (κ3) is 2.50. The molecule has 122 valence electrons. The Kier molecular flexibility index (Phi) is 3.76. The van der Waals surface area contributed by atoms with Crippen LogP contribution in [0.25, 0.3) is 16.6 Å². The first-order valence-corrected chi connectivity index (χ1v) is 7.19. The lowest BCUT2D eigenvalue weighted by Gasteiger charge is -2.10. The molecule has 0 radical (unpaired) electrons. The molecule has 0 saturated carbocycles. The number of hydrogen-bond acceptors (Lipinski definition) is 5. The lowest BCUT2D eigenvalue weighted by atomic mass is 10.00.